The van der Waals surface area contributed by atoms with Gasteiger partial charge >= 0.3 is 6.18 Å². The van der Waals surface area contributed by atoms with Crippen molar-refractivity contribution in [1.29, 1.82) is 0 Å². The average molecular weight is 344 g/mol. The Kier molecular flexibility index (Phi) is 5.74. The van der Waals surface area contributed by atoms with E-state index in [0.717, 1.165) is 0 Å². The molecule has 3 nitrogen and oxygen atoms in total. The van der Waals surface area contributed by atoms with Gasteiger partial charge in [0.2, 0.25) is 5.91 Å². The predicted molar refractivity (Wildman–Crippen MR) is 62.8 cm³/mol. The van der Waals surface area contributed by atoms with Gasteiger partial charge in [-0.25, -0.2) is 4.39 Å². The number of rotatable bonds is 5. The molecule has 0 radical (unpaired) electrons. The van der Waals surface area contributed by atoms with Crippen molar-refractivity contribution in [2.24, 2.45) is 0 Å². The molecule has 0 bridgehead atoms. The van der Waals surface area contributed by atoms with Crippen LogP contribution in [0.4, 0.5) is 17.6 Å². The van der Waals surface area contributed by atoms with Crippen molar-refractivity contribution in [3.8, 4) is 0 Å². The van der Waals surface area contributed by atoms with Crippen LogP contribution in [0.5, 0.6) is 0 Å². The Labute approximate surface area is 115 Å². The highest BCUT2D eigenvalue weighted by molar-refractivity contribution is 9.10. The maximum atomic E-state index is 13.3. The van der Waals surface area contributed by atoms with Gasteiger partial charge in [0.1, 0.15) is 19.0 Å². The first-order valence-electron chi connectivity index (χ1n) is 5.13. The molecule has 1 amide bonds. The molecule has 1 aromatic rings. The molecule has 1 aromatic carbocycles. The van der Waals surface area contributed by atoms with Crippen molar-refractivity contribution >= 4 is 21.8 Å². The van der Waals surface area contributed by atoms with E-state index in [9.17, 15) is 22.4 Å². The molecular weight excluding hydrogens is 334 g/mol. The number of amides is 1. The Balaban J connectivity index is 2.34. The number of alkyl halides is 3. The Morgan fingerprint density at radius 1 is 1.37 bits per heavy atom. The fourth-order valence-corrected chi connectivity index (χ4v) is 1.50. The van der Waals surface area contributed by atoms with E-state index >= 15 is 0 Å². The van der Waals surface area contributed by atoms with Gasteiger partial charge in [-0.15, -0.1) is 0 Å². The van der Waals surface area contributed by atoms with E-state index in [1.165, 1.54) is 12.1 Å². The van der Waals surface area contributed by atoms with Gasteiger partial charge in [0.05, 0.1) is 0 Å². The van der Waals surface area contributed by atoms with E-state index in [4.69, 9.17) is 0 Å². The molecule has 8 heteroatoms. The van der Waals surface area contributed by atoms with Crippen molar-refractivity contribution in [2.45, 2.75) is 12.7 Å². The number of carbonyl (C=O) groups is 1. The van der Waals surface area contributed by atoms with Crippen LogP contribution in [0.25, 0.3) is 0 Å². The third-order valence-electron chi connectivity index (χ3n) is 1.99. The zero-order chi connectivity index (χ0) is 14.5. The summed E-state index contributed by atoms with van der Waals surface area (Å²) in [5, 5.41) is 2.26. The molecular formula is C11H10BrF4NO2. The zero-order valence-corrected chi connectivity index (χ0v) is 11.1. The van der Waals surface area contributed by atoms with Gasteiger partial charge in [-0.05, 0) is 12.1 Å². The molecule has 0 heterocycles. The third-order valence-corrected chi connectivity index (χ3v) is 2.48. The first-order chi connectivity index (χ1) is 8.78. The molecule has 106 valence electrons. The molecule has 19 heavy (non-hydrogen) atoms. The summed E-state index contributed by atoms with van der Waals surface area (Å²) in [6.45, 7) is -2.34. The summed E-state index contributed by atoms with van der Waals surface area (Å²) in [5.41, 5.74) is 0.229. The summed E-state index contributed by atoms with van der Waals surface area (Å²) in [6.07, 6.45) is -4.47. The number of carbonyl (C=O) groups excluding carboxylic acids is 1. The van der Waals surface area contributed by atoms with Crippen molar-refractivity contribution in [3.63, 3.8) is 0 Å². The molecule has 0 aromatic heterocycles. The highest BCUT2D eigenvalue weighted by Crippen LogP contribution is 2.15. The standard InChI is InChI=1S/C11H10BrF4NO2/c12-8-2-1-7(9(13)3-8)4-17-10(18)5-19-6-11(14,15)16/h1-3H,4-6H2,(H,17,18). The predicted octanol–water partition coefficient (Wildman–Crippen LogP) is 2.78. The van der Waals surface area contributed by atoms with Crippen molar-refractivity contribution in [3.05, 3.63) is 34.1 Å². The topological polar surface area (TPSA) is 38.3 Å². The number of ether oxygens (including phenoxy) is 1. The lowest BCUT2D eigenvalue weighted by molar-refractivity contribution is -0.175. The van der Waals surface area contributed by atoms with Gasteiger partial charge in [0, 0.05) is 16.6 Å². The normalized spacial score (nSPS) is 11.4. The molecule has 1 rings (SSSR count). The maximum Gasteiger partial charge on any atom is 0.411 e. The molecule has 1 N–H and O–H groups in total. The lowest BCUT2D eigenvalue weighted by Gasteiger charge is -2.09. The van der Waals surface area contributed by atoms with E-state index in [0.29, 0.717) is 4.47 Å². The van der Waals surface area contributed by atoms with E-state index < -0.39 is 31.1 Å². The van der Waals surface area contributed by atoms with E-state index in [1.807, 2.05) is 0 Å². The first kappa shape index (κ1) is 15.9. The fraction of sp³-hybridized carbons (Fsp3) is 0.364. The van der Waals surface area contributed by atoms with Crippen LogP contribution in [0.1, 0.15) is 5.56 Å². The summed E-state index contributed by atoms with van der Waals surface area (Å²) < 4.78 is 53.3. The Bertz CT molecular complexity index is 451. The Morgan fingerprint density at radius 2 is 2.05 bits per heavy atom. The minimum absolute atomic E-state index is 0.118. The summed E-state index contributed by atoms with van der Waals surface area (Å²) in [7, 11) is 0. The van der Waals surface area contributed by atoms with Crippen LogP contribution in [0.15, 0.2) is 22.7 Å². The van der Waals surface area contributed by atoms with Gasteiger partial charge in [0.25, 0.3) is 0 Å². The number of halogens is 5. The van der Waals surface area contributed by atoms with Gasteiger partial charge in [-0.2, -0.15) is 13.2 Å². The lowest BCUT2D eigenvalue weighted by Crippen LogP contribution is -2.29. The SMILES string of the molecule is O=C(COCC(F)(F)F)NCc1ccc(Br)cc1F. The second-order valence-corrected chi connectivity index (χ2v) is 4.54. The molecule has 0 spiro atoms. The first-order valence-corrected chi connectivity index (χ1v) is 5.92. The quantitative estimate of drug-likeness (QED) is 0.835. The summed E-state index contributed by atoms with van der Waals surface area (Å²) in [4.78, 5) is 11.1. The lowest BCUT2D eigenvalue weighted by atomic mass is 10.2. The summed E-state index contributed by atoms with van der Waals surface area (Å²) in [6, 6.07) is 4.27. The summed E-state index contributed by atoms with van der Waals surface area (Å²) >= 11 is 3.08. The van der Waals surface area contributed by atoms with Crippen LogP contribution in [-0.2, 0) is 16.1 Å². The van der Waals surface area contributed by atoms with E-state index in [1.54, 1.807) is 6.07 Å². The number of nitrogens with one attached hydrogen (secondary N) is 1. The van der Waals surface area contributed by atoms with Crippen LogP contribution in [0.2, 0.25) is 0 Å². The molecule has 0 aliphatic rings. The minimum atomic E-state index is -4.47. The average Bonchev–Trinajstić information content (AvgIpc) is 2.26. The second-order valence-electron chi connectivity index (χ2n) is 3.62. The van der Waals surface area contributed by atoms with Crippen LogP contribution in [-0.4, -0.2) is 25.3 Å². The van der Waals surface area contributed by atoms with Gasteiger partial charge in [-0.1, -0.05) is 22.0 Å². The van der Waals surface area contributed by atoms with E-state index in [-0.39, 0.29) is 12.1 Å². The minimum Gasteiger partial charge on any atom is -0.362 e. The third kappa shape index (κ3) is 6.53. The highest BCUT2D eigenvalue weighted by Gasteiger charge is 2.27. The smallest absolute Gasteiger partial charge is 0.362 e. The van der Waals surface area contributed by atoms with Crippen LogP contribution in [0.3, 0.4) is 0 Å². The molecule has 0 fully saturated rings. The van der Waals surface area contributed by atoms with Gasteiger partial charge < -0.3 is 10.1 Å². The molecule has 0 aliphatic carbocycles. The van der Waals surface area contributed by atoms with Crippen molar-refractivity contribution in [2.75, 3.05) is 13.2 Å². The summed E-state index contributed by atoms with van der Waals surface area (Å²) in [5.74, 6) is -1.27. The monoisotopic (exact) mass is 343 g/mol. The van der Waals surface area contributed by atoms with Crippen LogP contribution in [0, 0.1) is 5.82 Å². The van der Waals surface area contributed by atoms with E-state index in [2.05, 4.69) is 26.0 Å². The van der Waals surface area contributed by atoms with Gasteiger partial charge in [-0.3, -0.25) is 4.79 Å². The van der Waals surface area contributed by atoms with Crippen molar-refractivity contribution in [1.82, 2.24) is 5.32 Å². The number of benzene rings is 1. The molecule has 0 unspecified atom stereocenters. The molecule has 0 saturated heterocycles. The second kappa shape index (κ2) is 6.85. The maximum absolute atomic E-state index is 13.3. The molecule has 0 atom stereocenters. The largest absolute Gasteiger partial charge is 0.411 e. The fourth-order valence-electron chi connectivity index (χ4n) is 1.17. The van der Waals surface area contributed by atoms with Gasteiger partial charge in [0.15, 0.2) is 0 Å². The molecule has 0 aliphatic heterocycles. The Hall–Kier alpha value is -1.15. The number of hydrogen-bond donors (Lipinski definition) is 1. The van der Waals surface area contributed by atoms with Crippen LogP contribution < -0.4 is 5.32 Å². The van der Waals surface area contributed by atoms with Crippen molar-refractivity contribution < 1.29 is 27.1 Å². The van der Waals surface area contributed by atoms with Crippen LogP contribution >= 0.6 is 15.9 Å². The highest BCUT2D eigenvalue weighted by atomic mass is 79.9. The number of hydrogen-bond acceptors (Lipinski definition) is 2. The molecule has 0 saturated carbocycles. The zero-order valence-electron chi connectivity index (χ0n) is 9.56. The Morgan fingerprint density at radius 3 is 2.63 bits per heavy atom.